The average molecular weight is 721 g/mol. The summed E-state index contributed by atoms with van der Waals surface area (Å²) in [7, 11) is 0. The lowest BCUT2D eigenvalue weighted by Crippen LogP contribution is -2.65. The first-order valence-electron chi connectivity index (χ1n) is 18.1. The van der Waals surface area contributed by atoms with Gasteiger partial charge in [0.25, 0.3) is 0 Å². The molecule has 0 aromatic heterocycles. The number of rotatable bonds is 22. The normalized spacial score (nSPS) is 30.1. The summed E-state index contributed by atoms with van der Waals surface area (Å²) in [5, 5.41) is 42.0. The largest absolute Gasteiger partial charge is 0.455 e. The van der Waals surface area contributed by atoms with Crippen molar-refractivity contribution in [2.75, 3.05) is 19.8 Å². The Kier molecular flexibility index (Phi) is 19.1. The number of carbonyl (C=O) groups is 4. The summed E-state index contributed by atoms with van der Waals surface area (Å²) in [6, 6.07) is 0. The van der Waals surface area contributed by atoms with E-state index in [2.05, 4.69) is 6.92 Å². The first kappa shape index (κ1) is 43.8. The summed E-state index contributed by atoms with van der Waals surface area (Å²) in [4.78, 5) is 51.1. The molecule has 0 aromatic carbocycles. The standard InChI is InChI=1S/C35H60O15/c1-7-9-10-11-12-13-14-15-16-17-26(40)46-31-27(41)24(18-36)49-35(31,20-38)50-34-30(44-23(6)39)29(48-32(42)21(3)4)28(25(19-37)45-34)47-33(43)22(5)8-2/h21-22,24-25,27-31,34,36-38,41H,7-20H2,1-6H3/t22?,24-,25-,27-,28-,29+,30-,31+,34-,35+/m0/s1. The van der Waals surface area contributed by atoms with Gasteiger partial charge in [0.2, 0.25) is 12.1 Å². The second-order valence-electron chi connectivity index (χ2n) is 13.5. The van der Waals surface area contributed by atoms with E-state index in [1.165, 1.54) is 25.7 Å². The molecule has 4 N–H and O–H groups in total. The molecule has 0 amide bonds. The molecule has 0 saturated carbocycles. The summed E-state index contributed by atoms with van der Waals surface area (Å²) in [5.74, 6) is -6.68. The number of aliphatic hydroxyl groups is 4. The van der Waals surface area contributed by atoms with Crippen molar-refractivity contribution in [3.05, 3.63) is 0 Å². The number of esters is 4. The molecule has 0 aromatic rings. The molecule has 1 unspecified atom stereocenters. The van der Waals surface area contributed by atoms with Crippen LogP contribution in [0.3, 0.4) is 0 Å². The Balaban J connectivity index is 2.35. The fourth-order valence-electron chi connectivity index (χ4n) is 5.79. The van der Waals surface area contributed by atoms with Crippen LogP contribution in [0.4, 0.5) is 0 Å². The highest BCUT2D eigenvalue weighted by Crippen LogP contribution is 2.40. The van der Waals surface area contributed by atoms with Crippen LogP contribution < -0.4 is 0 Å². The summed E-state index contributed by atoms with van der Waals surface area (Å²) in [5.41, 5.74) is 0. The van der Waals surface area contributed by atoms with Gasteiger partial charge in [-0.1, -0.05) is 86.0 Å². The van der Waals surface area contributed by atoms with Gasteiger partial charge in [-0.3, -0.25) is 19.2 Å². The Labute approximate surface area is 295 Å². The van der Waals surface area contributed by atoms with Gasteiger partial charge in [0.05, 0.1) is 25.0 Å². The molecule has 0 radical (unpaired) electrons. The smallest absolute Gasteiger partial charge is 0.309 e. The number of carbonyl (C=O) groups excluding carboxylic acids is 4. The van der Waals surface area contributed by atoms with Crippen LogP contribution in [0.2, 0.25) is 0 Å². The van der Waals surface area contributed by atoms with E-state index in [9.17, 15) is 39.6 Å². The van der Waals surface area contributed by atoms with Crippen LogP contribution in [-0.2, 0) is 52.3 Å². The minimum absolute atomic E-state index is 0.00337. The van der Waals surface area contributed by atoms with Crippen LogP contribution >= 0.6 is 0 Å². The molecule has 290 valence electrons. The minimum atomic E-state index is -2.38. The van der Waals surface area contributed by atoms with Gasteiger partial charge in [0.15, 0.2) is 24.4 Å². The van der Waals surface area contributed by atoms with Gasteiger partial charge in [-0.15, -0.1) is 0 Å². The van der Waals surface area contributed by atoms with Crippen molar-refractivity contribution >= 4 is 23.9 Å². The van der Waals surface area contributed by atoms with Gasteiger partial charge < -0.3 is 53.6 Å². The van der Waals surface area contributed by atoms with Crippen molar-refractivity contribution in [3.63, 3.8) is 0 Å². The van der Waals surface area contributed by atoms with Crippen molar-refractivity contribution in [3.8, 4) is 0 Å². The van der Waals surface area contributed by atoms with E-state index in [1.807, 2.05) is 0 Å². The lowest BCUT2D eigenvalue weighted by molar-refractivity contribution is -0.384. The molecule has 2 heterocycles. The highest BCUT2D eigenvalue weighted by Gasteiger charge is 2.62. The Morgan fingerprint density at radius 3 is 1.84 bits per heavy atom. The zero-order valence-electron chi connectivity index (χ0n) is 30.5. The highest BCUT2D eigenvalue weighted by atomic mass is 16.8. The molecule has 2 saturated heterocycles. The van der Waals surface area contributed by atoms with Gasteiger partial charge in [-0.2, -0.15) is 0 Å². The fourth-order valence-corrected chi connectivity index (χ4v) is 5.79. The maximum Gasteiger partial charge on any atom is 0.309 e. The maximum atomic E-state index is 13.0. The van der Waals surface area contributed by atoms with E-state index < -0.39 is 110 Å². The molecule has 0 spiro atoms. The molecule has 0 bridgehead atoms. The van der Waals surface area contributed by atoms with Crippen LogP contribution in [0.1, 0.15) is 112 Å². The monoisotopic (exact) mass is 720 g/mol. The Morgan fingerprint density at radius 1 is 0.740 bits per heavy atom. The molecule has 50 heavy (non-hydrogen) atoms. The van der Waals surface area contributed by atoms with E-state index in [1.54, 1.807) is 27.7 Å². The highest BCUT2D eigenvalue weighted by molar-refractivity contribution is 5.73. The second-order valence-corrected chi connectivity index (χ2v) is 13.5. The Hall–Kier alpha value is -2.40. The van der Waals surface area contributed by atoms with Crippen LogP contribution in [0.15, 0.2) is 0 Å². The lowest BCUT2D eigenvalue weighted by Gasteiger charge is -2.46. The zero-order chi connectivity index (χ0) is 37.4. The molecular formula is C35H60O15. The summed E-state index contributed by atoms with van der Waals surface area (Å²) in [6.45, 7) is 7.13. The molecule has 2 rings (SSSR count). The lowest BCUT2D eigenvalue weighted by atomic mass is 9.97. The van der Waals surface area contributed by atoms with Crippen LogP contribution in [0, 0.1) is 11.8 Å². The van der Waals surface area contributed by atoms with Gasteiger partial charge in [0, 0.05) is 13.3 Å². The van der Waals surface area contributed by atoms with E-state index >= 15 is 0 Å². The molecular weight excluding hydrogens is 660 g/mol. The van der Waals surface area contributed by atoms with Crippen LogP contribution in [0.5, 0.6) is 0 Å². The first-order chi connectivity index (χ1) is 23.8. The van der Waals surface area contributed by atoms with E-state index in [0.717, 1.165) is 32.6 Å². The number of unbranched alkanes of at least 4 members (excludes halogenated alkanes) is 8. The van der Waals surface area contributed by atoms with Gasteiger partial charge >= 0.3 is 23.9 Å². The number of hydrogen-bond donors (Lipinski definition) is 4. The molecule has 2 aliphatic rings. The number of ether oxygens (including phenoxy) is 7. The third-order valence-electron chi connectivity index (χ3n) is 9.00. The third-order valence-corrected chi connectivity index (χ3v) is 9.00. The second kappa shape index (κ2) is 21.8. The average Bonchev–Trinajstić information content (AvgIpc) is 3.35. The van der Waals surface area contributed by atoms with Crippen LogP contribution in [-0.4, -0.2) is 119 Å². The number of hydrogen-bond acceptors (Lipinski definition) is 15. The van der Waals surface area contributed by atoms with Crippen molar-refractivity contribution in [1.82, 2.24) is 0 Å². The topological polar surface area (TPSA) is 214 Å². The van der Waals surface area contributed by atoms with Gasteiger partial charge in [0.1, 0.15) is 24.9 Å². The molecule has 2 aliphatic heterocycles. The molecule has 10 atom stereocenters. The van der Waals surface area contributed by atoms with Crippen molar-refractivity contribution in [2.45, 2.75) is 167 Å². The van der Waals surface area contributed by atoms with Crippen LogP contribution in [0.25, 0.3) is 0 Å². The maximum absolute atomic E-state index is 13.0. The van der Waals surface area contributed by atoms with Crippen molar-refractivity contribution in [2.24, 2.45) is 11.8 Å². The van der Waals surface area contributed by atoms with Gasteiger partial charge in [-0.05, 0) is 12.8 Å². The Bertz CT molecular complexity index is 1050. The van der Waals surface area contributed by atoms with E-state index in [0.29, 0.717) is 12.8 Å². The summed E-state index contributed by atoms with van der Waals surface area (Å²) in [6.07, 6.45) is -3.04. The van der Waals surface area contributed by atoms with E-state index in [4.69, 9.17) is 33.2 Å². The first-order valence-corrected chi connectivity index (χ1v) is 18.1. The quantitative estimate of drug-likeness (QED) is 0.0718. The SMILES string of the molecule is CCCCCCCCCCCC(=O)O[C@@H]1[C@@H](O)[C@H](CO)O[C@]1(CO)O[C@@H]1O[C@@H](CO)[C@H](OC(=O)C(C)CC)[C@@H](OC(=O)C(C)C)[C@@H]1OC(C)=O. The third kappa shape index (κ3) is 12.4. The fraction of sp³-hybridized carbons (Fsp3) is 0.886. The molecule has 15 heteroatoms. The van der Waals surface area contributed by atoms with Crippen molar-refractivity contribution < 1.29 is 72.8 Å². The number of aliphatic hydroxyl groups excluding tert-OH is 4. The molecule has 2 fully saturated rings. The zero-order valence-corrected chi connectivity index (χ0v) is 30.5. The molecule has 15 nitrogen and oxygen atoms in total. The van der Waals surface area contributed by atoms with E-state index in [-0.39, 0.29) is 6.42 Å². The predicted octanol–water partition coefficient (Wildman–Crippen LogP) is 2.45. The van der Waals surface area contributed by atoms with Crippen molar-refractivity contribution in [1.29, 1.82) is 0 Å². The minimum Gasteiger partial charge on any atom is -0.455 e. The molecule has 0 aliphatic carbocycles. The Morgan fingerprint density at radius 2 is 1.32 bits per heavy atom. The van der Waals surface area contributed by atoms with Gasteiger partial charge in [-0.25, -0.2) is 0 Å². The predicted molar refractivity (Wildman–Crippen MR) is 176 cm³/mol. The summed E-state index contributed by atoms with van der Waals surface area (Å²) < 4.78 is 40.2. The summed E-state index contributed by atoms with van der Waals surface area (Å²) >= 11 is 0.